The fourth-order valence-electron chi connectivity index (χ4n) is 2.38. The van der Waals surface area contributed by atoms with Crippen molar-refractivity contribution < 1.29 is 9.21 Å². The molecule has 1 saturated carbocycles. The molecule has 0 aliphatic heterocycles. The Labute approximate surface area is 122 Å². The molecule has 1 aliphatic carbocycles. The number of hydrogen-bond donors (Lipinski definition) is 0. The number of nitrogens with zero attached hydrogens (tertiary/aromatic N) is 2. The highest BCUT2D eigenvalue weighted by atomic mass is 32.1. The molecule has 0 N–H and O–H groups in total. The molecule has 2 atom stereocenters. The molecule has 0 aromatic carbocycles. The minimum absolute atomic E-state index is 0.00254. The van der Waals surface area contributed by atoms with Crippen molar-refractivity contribution in [3.8, 4) is 0 Å². The summed E-state index contributed by atoms with van der Waals surface area (Å²) in [6, 6.07) is 4.02. The topological polar surface area (TPSA) is 46.3 Å². The first-order valence-electron chi connectivity index (χ1n) is 6.80. The monoisotopic (exact) mass is 290 g/mol. The lowest BCUT2D eigenvalue weighted by Gasteiger charge is -2.14. The molecule has 1 amide bonds. The van der Waals surface area contributed by atoms with Gasteiger partial charge in [-0.2, -0.15) is 0 Å². The Hall–Kier alpha value is -1.62. The Balaban J connectivity index is 1.66. The second-order valence-corrected chi connectivity index (χ2v) is 6.41. The number of carbonyl (C=O) groups excluding carboxylic acids is 1. The van der Waals surface area contributed by atoms with Crippen molar-refractivity contribution in [2.45, 2.75) is 32.7 Å². The van der Waals surface area contributed by atoms with Gasteiger partial charge in [0.25, 0.3) is 5.91 Å². The van der Waals surface area contributed by atoms with Crippen LogP contribution in [0.5, 0.6) is 0 Å². The highest BCUT2D eigenvalue weighted by molar-refractivity contribution is 7.11. The predicted molar refractivity (Wildman–Crippen MR) is 77.9 cm³/mol. The van der Waals surface area contributed by atoms with Crippen molar-refractivity contribution in [1.82, 2.24) is 9.88 Å². The van der Waals surface area contributed by atoms with Crippen LogP contribution in [-0.2, 0) is 6.54 Å². The molecule has 3 rings (SSSR count). The lowest BCUT2D eigenvalue weighted by Crippen LogP contribution is -2.25. The average molecular weight is 290 g/mol. The third-order valence-electron chi connectivity index (χ3n) is 3.84. The van der Waals surface area contributed by atoms with Gasteiger partial charge in [0.05, 0.1) is 17.7 Å². The first-order chi connectivity index (χ1) is 9.56. The van der Waals surface area contributed by atoms with Crippen LogP contribution in [0.4, 0.5) is 0 Å². The van der Waals surface area contributed by atoms with Crippen molar-refractivity contribution in [3.05, 3.63) is 39.7 Å². The van der Waals surface area contributed by atoms with Crippen molar-refractivity contribution in [1.29, 1.82) is 0 Å². The number of aryl methyl sites for hydroxylation is 1. The third kappa shape index (κ3) is 2.50. The summed E-state index contributed by atoms with van der Waals surface area (Å²) in [6.07, 6.45) is 1.21. The number of thiazole rings is 1. The largest absolute Gasteiger partial charge is 0.464 e. The number of amides is 1. The molecule has 106 valence electrons. The number of aromatic nitrogens is 1. The van der Waals surface area contributed by atoms with Crippen LogP contribution in [0.1, 0.15) is 46.1 Å². The van der Waals surface area contributed by atoms with Crippen molar-refractivity contribution in [2.75, 3.05) is 7.05 Å². The van der Waals surface area contributed by atoms with E-state index in [0.717, 1.165) is 23.1 Å². The van der Waals surface area contributed by atoms with Crippen LogP contribution < -0.4 is 0 Å². The summed E-state index contributed by atoms with van der Waals surface area (Å²) in [5, 5.41) is 0. The molecule has 4 nitrogen and oxygen atoms in total. The predicted octanol–water partition coefficient (Wildman–Crippen LogP) is 3.44. The van der Waals surface area contributed by atoms with Gasteiger partial charge in [-0.1, -0.05) is 6.92 Å². The van der Waals surface area contributed by atoms with Crippen LogP contribution in [0.3, 0.4) is 0 Å². The van der Waals surface area contributed by atoms with Crippen molar-refractivity contribution in [3.63, 3.8) is 0 Å². The lowest BCUT2D eigenvalue weighted by atomic mass is 10.3. The van der Waals surface area contributed by atoms with Gasteiger partial charge in [0.2, 0.25) is 0 Å². The lowest BCUT2D eigenvalue weighted by molar-refractivity contribution is 0.0778. The van der Waals surface area contributed by atoms with Gasteiger partial charge in [-0.3, -0.25) is 4.79 Å². The van der Waals surface area contributed by atoms with E-state index in [1.807, 2.05) is 19.1 Å². The standard InChI is InChI=1S/C15H18N2O2S/c1-9-6-12(9)13-5-4-11(19-13)7-17(3)15(18)14-10(2)16-8-20-14/h4-5,8-9,12H,6-7H2,1-3H3/t9-,12+/m1/s1. The van der Waals surface area contributed by atoms with Gasteiger partial charge in [0, 0.05) is 13.0 Å². The van der Waals surface area contributed by atoms with Gasteiger partial charge in [-0.15, -0.1) is 11.3 Å². The number of furan rings is 1. The van der Waals surface area contributed by atoms with E-state index < -0.39 is 0 Å². The van der Waals surface area contributed by atoms with E-state index >= 15 is 0 Å². The molecule has 0 unspecified atom stereocenters. The van der Waals surface area contributed by atoms with E-state index in [9.17, 15) is 4.79 Å². The molecule has 2 aromatic heterocycles. The summed E-state index contributed by atoms with van der Waals surface area (Å²) in [5.74, 6) is 3.21. The Morgan fingerprint density at radius 2 is 2.30 bits per heavy atom. The SMILES string of the molecule is Cc1ncsc1C(=O)N(C)Cc1ccc([C@H]2C[C@H]2C)o1. The Morgan fingerprint density at radius 1 is 1.55 bits per heavy atom. The van der Waals surface area contributed by atoms with Crippen LogP contribution >= 0.6 is 11.3 Å². The van der Waals surface area contributed by atoms with Crippen LogP contribution in [0.2, 0.25) is 0 Å². The van der Waals surface area contributed by atoms with E-state index in [1.54, 1.807) is 17.5 Å². The molecule has 2 aromatic rings. The summed E-state index contributed by atoms with van der Waals surface area (Å²) >= 11 is 1.38. The number of hydrogen-bond acceptors (Lipinski definition) is 4. The highest BCUT2D eigenvalue weighted by Gasteiger charge is 2.36. The maximum absolute atomic E-state index is 12.3. The first-order valence-corrected chi connectivity index (χ1v) is 7.68. The zero-order valence-corrected chi connectivity index (χ0v) is 12.7. The summed E-state index contributed by atoms with van der Waals surface area (Å²) < 4.78 is 5.84. The number of rotatable bonds is 4. The number of carbonyl (C=O) groups is 1. The molecular weight excluding hydrogens is 272 g/mol. The van der Waals surface area contributed by atoms with E-state index in [2.05, 4.69) is 11.9 Å². The van der Waals surface area contributed by atoms with Gasteiger partial charge in [0.1, 0.15) is 16.4 Å². The molecule has 20 heavy (non-hydrogen) atoms. The molecular formula is C15H18N2O2S. The Kier molecular flexibility index (Phi) is 3.38. The third-order valence-corrected chi connectivity index (χ3v) is 4.75. The summed E-state index contributed by atoms with van der Waals surface area (Å²) in [6.45, 7) is 4.59. The van der Waals surface area contributed by atoms with E-state index in [1.165, 1.54) is 17.8 Å². The molecule has 0 spiro atoms. The first kappa shape index (κ1) is 13.4. The summed E-state index contributed by atoms with van der Waals surface area (Å²) in [4.78, 5) is 18.8. The van der Waals surface area contributed by atoms with Gasteiger partial charge >= 0.3 is 0 Å². The average Bonchev–Trinajstić information content (AvgIpc) is 2.81. The van der Waals surface area contributed by atoms with Crippen LogP contribution in [0, 0.1) is 12.8 Å². The smallest absolute Gasteiger partial charge is 0.265 e. The quantitative estimate of drug-likeness (QED) is 0.866. The maximum atomic E-state index is 12.3. The Morgan fingerprint density at radius 3 is 2.90 bits per heavy atom. The van der Waals surface area contributed by atoms with Crippen LogP contribution in [0.15, 0.2) is 22.1 Å². The van der Waals surface area contributed by atoms with E-state index in [-0.39, 0.29) is 5.91 Å². The van der Waals surface area contributed by atoms with Crippen molar-refractivity contribution >= 4 is 17.2 Å². The molecule has 5 heteroatoms. The molecule has 2 heterocycles. The van der Waals surface area contributed by atoms with E-state index in [0.29, 0.717) is 17.3 Å². The fourth-order valence-corrected chi connectivity index (χ4v) is 3.18. The second-order valence-electron chi connectivity index (χ2n) is 5.55. The summed E-state index contributed by atoms with van der Waals surface area (Å²) in [5.41, 5.74) is 2.49. The fraction of sp³-hybridized carbons (Fsp3) is 0.467. The molecule has 1 fully saturated rings. The van der Waals surface area contributed by atoms with Crippen LogP contribution in [-0.4, -0.2) is 22.8 Å². The highest BCUT2D eigenvalue weighted by Crippen LogP contribution is 2.47. The van der Waals surface area contributed by atoms with Gasteiger partial charge in [-0.05, 0) is 31.4 Å². The second kappa shape index (κ2) is 5.05. The van der Waals surface area contributed by atoms with Crippen molar-refractivity contribution in [2.24, 2.45) is 5.92 Å². The normalized spacial score (nSPS) is 20.9. The maximum Gasteiger partial charge on any atom is 0.265 e. The molecule has 0 saturated heterocycles. The molecule has 0 radical (unpaired) electrons. The van der Waals surface area contributed by atoms with Gasteiger partial charge in [-0.25, -0.2) is 4.98 Å². The van der Waals surface area contributed by atoms with Gasteiger partial charge < -0.3 is 9.32 Å². The minimum Gasteiger partial charge on any atom is -0.464 e. The van der Waals surface area contributed by atoms with Crippen LogP contribution in [0.25, 0.3) is 0 Å². The molecule has 1 aliphatic rings. The minimum atomic E-state index is 0.00254. The van der Waals surface area contributed by atoms with E-state index in [4.69, 9.17) is 4.42 Å². The zero-order valence-electron chi connectivity index (χ0n) is 11.9. The Bertz CT molecular complexity index is 631. The summed E-state index contributed by atoms with van der Waals surface area (Å²) in [7, 11) is 1.80. The zero-order chi connectivity index (χ0) is 14.3. The van der Waals surface area contributed by atoms with Gasteiger partial charge in [0.15, 0.2) is 0 Å². The molecule has 0 bridgehead atoms.